The third-order valence-electron chi connectivity index (χ3n) is 1.69. The van der Waals surface area contributed by atoms with E-state index in [9.17, 15) is 9.18 Å². The lowest BCUT2D eigenvalue weighted by molar-refractivity contribution is 0.0525. The lowest BCUT2D eigenvalue weighted by atomic mass is 10.2. The van der Waals surface area contributed by atoms with Gasteiger partial charge in [-0.1, -0.05) is 0 Å². The minimum Gasteiger partial charge on any atom is -0.494 e. The van der Waals surface area contributed by atoms with Gasteiger partial charge in [0, 0.05) is 6.07 Å². The zero-order valence-corrected chi connectivity index (χ0v) is 8.75. The van der Waals surface area contributed by atoms with E-state index in [1.165, 1.54) is 12.1 Å². The molecule has 0 amide bonds. The molecule has 0 aromatic heterocycles. The van der Waals surface area contributed by atoms with Crippen LogP contribution in [0.1, 0.15) is 24.2 Å². The Morgan fingerprint density at radius 3 is 2.60 bits per heavy atom. The van der Waals surface area contributed by atoms with E-state index < -0.39 is 11.8 Å². The summed E-state index contributed by atoms with van der Waals surface area (Å²) in [6, 6.07) is 3.82. The Balaban J connectivity index is 2.92. The largest absolute Gasteiger partial charge is 0.494 e. The van der Waals surface area contributed by atoms with Gasteiger partial charge in [0.1, 0.15) is 11.6 Å². The van der Waals surface area contributed by atoms with Crippen LogP contribution in [0.25, 0.3) is 0 Å². The second-order valence-corrected chi connectivity index (χ2v) is 2.83. The number of carbonyl (C=O) groups excluding carboxylic acids is 1. The maximum absolute atomic E-state index is 13.1. The molecule has 1 aromatic carbocycles. The molecular weight excluding hydrogens is 199 g/mol. The molecule has 0 saturated carbocycles. The van der Waals surface area contributed by atoms with Gasteiger partial charge in [-0.25, -0.2) is 9.18 Å². The summed E-state index contributed by atoms with van der Waals surface area (Å²) in [5.41, 5.74) is 0.167. The van der Waals surface area contributed by atoms with Crippen molar-refractivity contribution in [3.8, 4) is 5.75 Å². The Hall–Kier alpha value is -1.58. The first-order valence-corrected chi connectivity index (χ1v) is 4.77. The van der Waals surface area contributed by atoms with Gasteiger partial charge in [-0.2, -0.15) is 0 Å². The van der Waals surface area contributed by atoms with Gasteiger partial charge < -0.3 is 9.47 Å². The first-order valence-electron chi connectivity index (χ1n) is 4.77. The molecule has 0 aliphatic rings. The molecule has 0 atom stereocenters. The number of carbonyl (C=O) groups is 1. The first kappa shape index (κ1) is 11.5. The highest BCUT2D eigenvalue weighted by Crippen LogP contribution is 2.17. The molecule has 1 rings (SSSR count). The molecule has 0 saturated heterocycles. The SMILES string of the molecule is CCOC(=O)c1cc(F)cc(OCC)c1. The van der Waals surface area contributed by atoms with Crippen molar-refractivity contribution in [2.75, 3.05) is 13.2 Å². The van der Waals surface area contributed by atoms with Gasteiger partial charge in [0.25, 0.3) is 0 Å². The Labute approximate surface area is 87.8 Å². The molecule has 0 N–H and O–H groups in total. The Morgan fingerprint density at radius 2 is 2.00 bits per heavy atom. The van der Waals surface area contributed by atoms with Gasteiger partial charge in [0.05, 0.1) is 18.8 Å². The average molecular weight is 212 g/mol. The van der Waals surface area contributed by atoms with Crippen LogP contribution in [0.4, 0.5) is 4.39 Å². The molecule has 0 bridgehead atoms. The van der Waals surface area contributed by atoms with Crippen molar-refractivity contribution < 1.29 is 18.7 Å². The number of rotatable bonds is 4. The normalized spacial score (nSPS) is 9.80. The second-order valence-electron chi connectivity index (χ2n) is 2.83. The van der Waals surface area contributed by atoms with Crippen LogP contribution in [-0.4, -0.2) is 19.2 Å². The summed E-state index contributed by atoms with van der Waals surface area (Å²) in [5.74, 6) is -0.720. The first-order chi connectivity index (χ1) is 7.17. The zero-order valence-electron chi connectivity index (χ0n) is 8.75. The molecule has 0 spiro atoms. The van der Waals surface area contributed by atoms with Gasteiger partial charge >= 0.3 is 5.97 Å². The highest BCUT2D eigenvalue weighted by molar-refractivity contribution is 5.89. The van der Waals surface area contributed by atoms with Crippen LogP contribution < -0.4 is 4.74 Å². The van der Waals surface area contributed by atoms with Crippen molar-refractivity contribution in [3.05, 3.63) is 29.6 Å². The molecule has 0 fully saturated rings. The summed E-state index contributed by atoms with van der Waals surface area (Å²) in [4.78, 5) is 11.3. The molecule has 1 aromatic rings. The number of esters is 1. The highest BCUT2D eigenvalue weighted by Gasteiger charge is 2.09. The third kappa shape index (κ3) is 3.23. The van der Waals surface area contributed by atoms with Crippen LogP contribution in [0, 0.1) is 5.82 Å². The topological polar surface area (TPSA) is 35.5 Å². The van der Waals surface area contributed by atoms with Crippen LogP contribution in [0.5, 0.6) is 5.75 Å². The Morgan fingerprint density at radius 1 is 1.27 bits per heavy atom. The van der Waals surface area contributed by atoms with E-state index in [4.69, 9.17) is 9.47 Å². The minimum absolute atomic E-state index is 0.167. The minimum atomic E-state index is -0.544. The Kier molecular flexibility index (Phi) is 4.09. The molecular formula is C11H13FO3. The lowest BCUT2D eigenvalue weighted by Crippen LogP contribution is -2.05. The van der Waals surface area contributed by atoms with E-state index in [1.807, 2.05) is 0 Å². The van der Waals surface area contributed by atoms with Crippen molar-refractivity contribution in [2.45, 2.75) is 13.8 Å². The van der Waals surface area contributed by atoms with Crippen LogP contribution in [-0.2, 0) is 4.74 Å². The summed E-state index contributed by atoms with van der Waals surface area (Å²) in [6.07, 6.45) is 0. The fraction of sp³-hybridized carbons (Fsp3) is 0.364. The van der Waals surface area contributed by atoms with Gasteiger partial charge in [-0.15, -0.1) is 0 Å². The third-order valence-corrected chi connectivity index (χ3v) is 1.69. The summed E-state index contributed by atoms with van der Waals surface area (Å²) in [5, 5.41) is 0. The molecule has 0 unspecified atom stereocenters. The van der Waals surface area contributed by atoms with Crippen molar-refractivity contribution in [3.63, 3.8) is 0 Å². The zero-order chi connectivity index (χ0) is 11.3. The van der Waals surface area contributed by atoms with Crippen LogP contribution in [0.3, 0.4) is 0 Å². The second kappa shape index (κ2) is 5.34. The number of halogens is 1. The van der Waals surface area contributed by atoms with Gasteiger partial charge in [0.2, 0.25) is 0 Å². The number of hydrogen-bond donors (Lipinski definition) is 0. The maximum Gasteiger partial charge on any atom is 0.338 e. The molecule has 15 heavy (non-hydrogen) atoms. The standard InChI is InChI=1S/C11H13FO3/c1-3-14-10-6-8(5-9(12)7-10)11(13)15-4-2/h5-7H,3-4H2,1-2H3. The van der Waals surface area contributed by atoms with E-state index in [-0.39, 0.29) is 12.2 Å². The van der Waals surface area contributed by atoms with Crippen LogP contribution >= 0.6 is 0 Å². The van der Waals surface area contributed by atoms with Crippen molar-refractivity contribution in [1.82, 2.24) is 0 Å². The molecule has 4 heteroatoms. The van der Waals surface area contributed by atoms with E-state index in [2.05, 4.69) is 0 Å². The summed E-state index contributed by atoms with van der Waals surface area (Å²) in [6.45, 7) is 4.17. The molecule has 82 valence electrons. The summed E-state index contributed by atoms with van der Waals surface area (Å²) < 4.78 is 22.9. The fourth-order valence-corrected chi connectivity index (χ4v) is 1.14. The van der Waals surface area contributed by atoms with Gasteiger partial charge in [-0.05, 0) is 26.0 Å². The maximum atomic E-state index is 13.1. The number of benzene rings is 1. The van der Waals surface area contributed by atoms with E-state index in [0.29, 0.717) is 12.4 Å². The molecule has 0 aliphatic carbocycles. The highest BCUT2D eigenvalue weighted by atomic mass is 19.1. The number of hydrogen-bond acceptors (Lipinski definition) is 3. The quantitative estimate of drug-likeness (QED) is 0.719. The smallest absolute Gasteiger partial charge is 0.338 e. The van der Waals surface area contributed by atoms with Crippen LogP contribution in [0.15, 0.2) is 18.2 Å². The van der Waals surface area contributed by atoms with E-state index >= 15 is 0 Å². The van der Waals surface area contributed by atoms with E-state index in [1.54, 1.807) is 13.8 Å². The molecule has 3 nitrogen and oxygen atoms in total. The predicted octanol–water partition coefficient (Wildman–Crippen LogP) is 2.40. The fourth-order valence-electron chi connectivity index (χ4n) is 1.14. The van der Waals surface area contributed by atoms with Gasteiger partial charge in [-0.3, -0.25) is 0 Å². The van der Waals surface area contributed by atoms with Crippen molar-refractivity contribution in [1.29, 1.82) is 0 Å². The summed E-state index contributed by atoms with van der Waals surface area (Å²) in [7, 11) is 0. The number of ether oxygens (including phenoxy) is 2. The lowest BCUT2D eigenvalue weighted by Gasteiger charge is -2.06. The van der Waals surface area contributed by atoms with Crippen molar-refractivity contribution in [2.24, 2.45) is 0 Å². The monoisotopic (exact) mass is 212 g/mol. The average Bonchev–Trinajstić information content (AvgIpc) is 2.17. The summed E-state index contributed by atoms with van der Waals surface area (Å²) >= 11 is 0. The van der Waals surface area contributed by atoms with E-state index in [0.717, 1.165) is 6.07 Å². The molecule has 0 aliphatic heterocycles. The molecule has 0 heterocycles. The van der Waals surface area contributed by atoms with Crippen LogP contribution in [0.2, 0.25) is 0 Å². The molecule has 0 radical (unpaired) electrons. The predicted molar refractivity (Wildman–Crippen MR) is 53.5 cm³/mol. The van der Waals surface area contributed by atoms with Gasteiger partial charge in [0.15, 0.2) is 0 Å². The van der Waals surface area contributed by atoms with Crippen molar-refractivity contribution >= 4 is 5.97 Å². The Bertz CT molecular complexity index is 350.